The fourth-order valence-electron chi connectivity index (χ4n) is 0.526. The van der Waals surface area contributed by atoms with Crippen LogP contribution < -0.4 is 5.84 Å². The molecule has 5 heteroatoms. The van der Waals surface area contributed by atoms with Crippen molar-refractivity contribution in [2.75, 3.05) is 6.61 Å². The first-order valence-corrected chi connectivity index (χ1v) is 3.65. The lowest BCUT2D eigenvalue weighted by Crippen LogP contribution is -2.44. The molecule has 12 heavy (non-hydrogen) atoms. The lowest BCUT2D eigenvalue weighted by molar-refractivity contribution is -0.151. The molecule has 0 bridgehead atoms. The van der Waals surface area contributed by atoms with E-state index >= 15 is 0 Å². The summed E-state index contributed by atoms with van der Waals surface area (Å²) in [6.45, 7) is 4.49. The number of esters is 1. The van der Waals surface area contributed by atoms with Gasteiger partial charge in [-0.15, -0.1) is 0 Å². The Kier molecular flexibility index (Phi) is 4.28. The topological polar surface area (TPSA) is 72.6 Å². The second-order valence-electron chi connectivity index (χ2n) is 2.68. The number of ether oxygens (including phenoxy) is 1. The van der Waals surface area contributed by atoms with Crippen LogP contribution in [0.2, 0.25) is 0 Å². The van der Waals surface area contributed by atoms with E-state index in [1.54, 1.807) is 13.8 Å². The Balaban J connectivity index is 3.80. The van der Waals surface area contributed by atoms with Crippen molar-refractivity contribution in [1.82, 2.24) is 5.01 Å². The first kappa shape index (κ1) is 10.9. The van der Waals surface area contributed by atoms with Gasteiger partial charge in [0.25, 0.3) is 5.91 Å². The lowest BCUT2D eigenvalue weighted by Gasteiger charge is -2.19. The van der Waals surface area contributed by atoms with Gasteiger partial charge < -0.3 is 4.74 Å². The second-order valence-corrected chi connectivity index (χ2v) is 2.68. The molecule has 0 aromatic carbocycles. The van der Waals surface area contributed by atoms with Gasteiger partial charge in [0.05, 0.1) is 0 Å². The normalized spacial score (nSPS) is 9.75. The Bertz CT molecular complexity index is 179. The predicted octanol–water partition coefficient (Wildman–Crippen LogP) is -0.340. The Labute approximate surface area is 71.4 Å². The maximum atomic E-state index is 11.0. The molecule has 1 amide bonds. The highest BCUT2D eigenvalue weighted by atomic mass is 16.5. The van der Waals surface area contributed by atoms with Crippen LogP contribution in [0.15, 0.2) is 0 Å². The molecule has 0 aliphatic rings. The quantitative estimate of drug-likeness (QED) is 0.275. The highest BCUT2D eigenvalue weighted by Crippen LogP contribution is 1.91. The van der Waals surface area contributed by atoms with Gasteiger partial charge in [-0.3, -0.25) is 14.6 Å². The van der Waals surface area contributed by atoms with Gasteiger partial charge in [-0.05, 0) is 13.8 Å². The number of nitrogens with zero attached hydrogens (tertiary/aromatic N) is 1. The van der Waals surface area contributed by atoms with E-state index in [-0.39, 0.29) is 12.6 Å². The van der Waals surface area contributed by atoms with E-state index in [1.807, 2.05) is 0 Å². The molecule has 2 N–H and O–H groups in total. The van der Waals surface area contributed by atoms with Crippen LogP contribution in [0.25, 0.3) is 0 Å². The number of nitrogens with two attached hydrogens (primary N) is 1. The zero-order chi connectivity index (χ0) is 9.72. The number of carbonyl (C=O) groups excluding carboxylic acids is 2. The van der Waals surface area contributed by atoms with E-state index in [9.17, 15) is 9.59 Å². The van der Waals surface area contributed by atoms with Gasteiger partial charge in [-0.2, -0.15) is 0 Å². The standard InChI is InChI=1S/C7H14N2O3/c1-5(2)9(8)7(11)4-12-6(3)10/h5H,4,8H2,1-3H3. The third-order valence-electron chi connectivity index (χ3n) is 1.24. The minimum absolute atomic E-state index is 0.0898. The highest BCUT2D eigenvalue weighted by Gasteiger charge is 2.13. The van der Waals surface area contributed by atoms with Crippen molar-refractivity contribution in [1.29, 1.82) is 0 Å². The molecule has 0 aliphatic heterocycles. The molecule has 0 aromatic heterocycles. The molecule has 0 unspecified atom stereocenters. The minimum Gasteiger partial charge on any atom is -0.456 e. The predicted molar refractivity (Wildman–Crippen MR) is 42.8 cm³/mol. The van der Waals surface area contributed by atoms with E-state index in [4.69, 9.17) is 5.84 Å². The fourth-order valence-corrected chi connectivity index (χ4v) is 0.526. The molecule has 0 saturated heterocycles. The lowest BCUT2D eigenvalue weighted by atomic mass is 10.4. The molecule has 0 radical (unpaired) electrons. The van der Waals surface area contributed by atoms with Crippen LogP contribution in [0, 0.1) is 0 Å². The maximum absolute atomic E-state index is 11.0. The number of rotatable bonds is 3. The van der Waals surface area contributed by atoms with Gasteiger partial charge >= 0.3 is 5.97 Å². The van der Waals surface area contributed by atoms with Gasteiger partial charge in [0.15, 0.2) is 6.61 Å². The van der Waals surface area contributed by atoms with E-state index < -0.39 is 11.9 Å². The average molecular weight is 174 g/mol. The third-order valence-corrected chi connectivity index (χ3v) is 1.24. The SMILES string of the molecule is CC(=O)OCC(=O)N(N)C(C)C. The molecule has 0 atom stereocenters. The van der Waals surface area contributed by atoms with Crippen LogP contribution >= 0.6 is 0 Å². The van der Waals surface area contributed by atoms with Gasteiger partial charge in [0, 0.05) is 13.0 Å². The van der Waals surface area contributed by atoms with E-state index in [0.717, 1.165) is 5.01 Å². The van der Waals surface area contributed by atoms with Crippen LogP contribution in [0.3, 0.4) is 0 Å². The summed E-state index contributed by atoms with van der Waals surface area (Å²) in [4.78, 5) is 21.3. The summed E-state index contributed by atoms with van der Waals surface area (Å²) in [5.74, 6) is 4.45. The van der Waals surface area contributed by atoms with Crippen LogP contribution in [-0.2, 0) is 14.3 Å². The van der Waals surface area contributed by atoms with Gasteiger partial charge in [-0.1, -0.05) is 0 Å². The largest absolute Gasteiger partial charge is 0.456 e. The fraction of sp³-hybridized carbons (Fsp3) is 0.714. The Morgan fingerprint density at radius 3 is 2.33 bits per heavy atom. The Morgan fingerprint density at radius 2 is 2.00 bits per heavy atom. The number of hydrogen-bond acceptors (Lipinski definition) is 4. The number of hydrazine groups is 1. The number of hydrogen-bond donors (Lipinski definition) is 1. The summed E-state index contributed by atoms with van der Waals surface area (Å²) in [7, 11) is 0. The van der Waals surface area contributed by atoms with E-state index in [0.29, 0.717) is 0 Å². The second kappa shape index (κ2) is 4.71. The first-order valence-electron chi connectivity index (χ1n) is 3.65. The summed E-state index contributed by atoms with van der Waals surface area (Å²) in [6, 6.07) is -0.0898. The molecule has 0 heterocycles. The average Bonchev–Trinajstić information content (AvgIpc) is 1.98. The smallest absolute Gasteiger partial charge is 0.303 e. The zero-order valence-electron chi connectivity index (χ0n) is 7.53. The Morgan fingerprint density at radius 1 is 1.50 bits per heavy atom. The molecular formula is C7H14N2O3. The minimum atomic E-state index is -0.486. The molecule has 0 spiro atoms. The maximum Gasteiger partial charge on any atom is 0.303 e. The summed E-state index contributed by atoms with van der Waals surface area (Å²) in [6.07, 6.45) is 0. The number of amides is 1. The van der Waals surface area contributed by atoms with Gasteiger partial charge in [0.1, 0.15) is 0 Å². The van der Waals surface area contributed by atoms with Crippen LogP contribution in [0.5, 0.6) is 0 Å². The molecular weight excluding hydrogens is 160 g/mol. The molecule has 70 valence electrons. The van der Waals surface area contributed by atoms with Crippen LogP contribution in [-0.4, -0.2) is 29.5 Å². The number of carbonyl (C=O) groups is 2. The molecule has 5 nitrogen and oxygen atoms in total. The zero-order valence-corrected chi connectivity index (χ0v) is 7.53. The molecule has 0 aromatic rings. The van der Waals surface area contributed by atoms with Crippen molar-refractivity contribution in [2.45, 2.75) is 26.8 Å². The highest BCUT2D eigenvalue weighted by molar-refractivity contribution is 5.79. The van der Waals surface area contributed by atoms with Crippen molar-refractivity contribution in [3.05, 3.63) is 0 Å². The van der Waals surface area contributed by atoms with E-state index in [2.05, 4.69) is 4.74 Å². The summed E-state index contributed by atoms with van der Waals surface area (Å²) < 4.78 is 4.46. The summed E-state index contributed by atoms with van der Waals surface area (Å²) in [5.41, 5.74) is 0. The van der Waals surface area contributed by atoms with Crippen molar-refractivity contribution >= 4 is 11.9 Å². The first-order chi connectivity index (χ1) is 5.45. The molecule has 0 rings (SSSR count). The van der Waals surface area contributed by atoms with Crippen molar-refractivity contribution in [3.63, 3.8) is 0 Å². The summed E-state index contributed by atoms with van der Waals surface area (Å²) in [5, 5.41) is 1.03. The van der Waals surface area contributed by atoms with Crippen LogP contribution in [0.4, 0.5) is 0 Å². The van der Waals surface area contributed by atoms with E-state index in [1.165, 1.54) is 6.92 Å². The molecule has 0 aliphatic carbocycles. The molecule has 0 fully saturated rings. The Hall–Kier alpha value is -1.10. The third kappa shape index (κ3) is 3.92. The monoisotopic (exact) mass is 174 g/mol. The van der Waals surface area contributed by atoms with Crippen molar-refractivity contribution in [2.24, 2.45) is 5.84 Å². The molecule has 0 saturated carbocycles. The van der Waals surface area contributed by atoms with Gasteiger partial charge in [0.2, 0.25) is 0 Å². The summed E-state index contributed by atoms with van der Waals surface area (Å²) >= 11 is 0. The van der Waals surface area contributed by atoms with Crippen LogP contribution in [0.1, 0.15) is 20.8 Å². The van der Waals surface area contributed by atoms with Crippen molar-refractivity contribution in [3.8, 4) is 0 Å². The van der Waals surface area contributed by atoms with Gasteiger partial charge in [-0.25, -0.2) is 5.84 Å². The van der Waals surface area contributed by atoms with Crippen molar-refractivity contribution < 1.29 is 14.3 Å².